The van der Waals surface area contributed by atoms with Crippen LogP contribution in [-0.4, -0.2) is 22.9 Å². The summed E-state index contributed by atoms with van der Waals surface area (Å²) < 4.78 is 0. The van der Waals surface area contributed by atoms with Crippen LogP contribution in [0.1, 0.15) is 13.8 Å². The van der Waals surface area contributed by atoms with Gasteiger partial charge in [-0.05, 0) is 13.8 Å². The Hall–Kier alpha value is -0.790. The van der Waals surface area contributed by atoms with Crippen molar-refractivity contribution >= 4 is 5.91 Å². The first kappa shape index (κ1) is 5.96. The lowest BCUT2D eigenvalue weighted by Gasteiger charge is -2.51. The van der Waals surface area contributed by atoms with Crippen molar-refractivity contribution in [3.05, 3.63) is 12.2 Å². The van der Waals surface area contributed by atoms with Crippen LogP contribution in [0.3, 0.4) is 0 Å². The molecule has 0 aromatic carbocycles. The van der Waals surface area contributed by atoms with Gasteiger partial charge in [0.15, 0.2) is 0 Å². The highest BCUT2D eigenvalue weighted by molar-refractivity contribution is 5.91. The van der Waals surface area contributed by atoms with Crippen LogP contribution in [0.2, 0.25) is 0 Å². The van der Waals surface area contributed by atoms with Gasteiger partial charge in [-0.15, -0.1) is 0 Å². The summed E-state index contributed by atoms with van der Waals surface area (Å²) in [5.74, 6) is 0.560. The lowest BCUT2D eigenvalue weighted by Crippen LogP contribution is -2.65. The fourth-order valence-electron chi connectivity index (χ4n) is 1.65. The van der Waals surface area contributed by atoms with Crippen molar-refractivity contribution in [2.45, 2.75) is 25.9 Å². The van der Waals surface area contributed by atoms with E-state index in [0.717, 1.165) is 0 Å². The highest BCUT2D eigenvalue weighted by Gasteiger charge is 2.49. The number of hydrogen-bond acceptors (Lipinski definition) is 1. The maximum absolute atomic E-state index is 11.1. The number of likely N-dealkylation sites (tertiary alicyclic amines) is 1. The standard InChI is InChI=1S/C8H11NO/c1-5(2)9-7-4-3-6(7)8(9)10/h3-7H,1-2H3/t6-,7-/m0/s1. The summed E-state index contributed by atoms with van der Waals surface area (Å²) in [5, 5.41) is 0. The molecule has 10 heavy (non-hydrogen) atoms. The van der Waals surface area contributed by atoms with Crippen LogP contribution in [0.25, 0.3) is 0 Å². The predicted octanol–water partition coefficient (Wildman–Crippen LogP) is 0.792. The Labute approximate surface area is 60.5 Å². The van der Waals surface area contributed by atoms with E-state index < -0.39 is 0 Å². The molecule has 1 heterocycles. The molecule has 1 fully saturated rings. The number of rotatable bonds is 1. The van der Waals surface area contributed by atoms with E-state index in [9.17, 15) is 4.79 Å². The quantitative estimate of drug-likeness (QED) is 0.386. The van der Waals surface area contributed by atoms with Crippen molar-refractivity contribution in [1.29, 1.82) is 0 Å². The Morgan fingerprint density at radius 1 is 1.50 bits per heavy atom. The summed E-state index contributed by atoms with van der Waals surface area (Å²) >= 11 is 0. The normalized spacial score (nSPS) is 35.5. The monoisotopic (exact) mass is 137 g/mol. The van der Waals surface area contributed by atoms with E-state index in [1.807, 2.05) is 11.0 Å². The molecule has 1 amide bonds. The van der Waals surface area contributed by atoms with Gasteiger partial charge >= 0.3 is 0 Å². The van der Waals surface area contributed by atoms with Crippen LogP contribution in [0.5, 0.6) is 0 Å². The number of β-lactam (4-membered cyclic amide) rings is 1. The van der Waals surface area contributed by atoms with Crippen molar-refractivity contribution in [1.82, 2.24) is 4.90 Å². The van der Waals surface area contributed by atoms with Crippen molar-refractivity contribution in [2.75, 3.05) is 0 Å². The summed E-state index contributed by atoms with van der Waals surface area (Å²) in [6.45, 7) is 4.11. The number of hydrogen-bond donors (Lipinski definition) is 0. The molecule has 0 N–H and O–H groups in total. The third kappa shape index (κ3) is 0.474. The molecule has 0 bridgehead atoms. The first-order valence-electron chi connectivity index (χ1n) is 3.72. The molecule has 0 unspecified atom stereocenters. The molecule has 2 atom stereocenters. The number of amides is 1. The van der Waals surface area contributed by atoms with Crippen molar-refractivity contribution in [3.63, 3.8) is 0 Å². The molecular weight excluding hydrogens is 126 g/mol. The van der Waals surface area contributed by atoms with Crippen LogP contribution in [0, 0.1) is 5.92 Å². The van der Waals surface area contributed by atoms with Crippen molar-refractivity contribution in [2.24, 2.45) is 5.92 Å². The van der Waals surface area contributed by atoms with E-state index in [0.29, 0.717) is 18.0 Å². The first-order valence-corrected chi connectivity index (χ1v) is 3.72. The minimum absolute atomic E-state index is 0.252. The zero-order chi connectivity index (χ0) is 7.30. The minimum Gasteiger partial charge on any atom is -0.332 e. The van der Waals surface area contributed by atoms with Gasteiger partial charge in [-0.1, -0.05) is 12.2 Å². The van der Waals surface area contributed by atoms with E-state index in [2.05, 4.69) is 19.9 Å². The summed E-state index contributed by atoms with van der Waals surface area (Å²) in [7, 11) is 0. The minimum atomic E-state index is 0.252. The first-order chi connectivity index (χ1) is 4.72. The second-order valence-corrected chi connectivity index (χ2v) is 3.24. The number of carbonyl (C=O) groups is 1. The zero-order valence-corrected chi connectivity index (χ0v) is 6.24. The Kier molecular flexibility index (Phi) is 0.967. The maximum Gasteiger partial charge on any atom is 0.232 e. The molecule has 1 aliphatic carbocycles. The van der Waals surface area contributed by atoms with Crippen LogP contribution < -0.4 is 0 Å². The second kappa shape index (κ2) is 1.62. The number of fused-ring (bicyclic) bond motifs is 1. The van der Waals surface area contributed by atoms with Gasteiger partial charge < -0.3 is 4.90 Å². The molecule has 2 nitrogen and oxygen atoms in total. The van der Waals surface area contributed by atoms with Crippen LogP contribution >= 0.6 is 0 Å². The highest BCUT2D eigenvalue weighted by Crippen LogP contribution is 2.37. The Balaban J connectivity index is 2.14. The predicted molar refractivity (Wildman–Crippen MR) is 38.4 cm³/mol. The van der Waals surface area contributed by atoms with Gasteiger partial charge in [0.25, 0.3) is 0 Å². The second-order valence-electron chi connectivity index (χ2n) is 3.24. The third-order valence-electron chi connectivity index (χ3n) is 2.30. The zero-order valence-electron chi connectivity index (χ0n) is 6.24. The average molecular weight is 137 g/mol. The van der Waals surface area contributed by atoms with E-state index >= 15 is 0 Å². The Bertz CT molecular complexity index is 207. The summed E-state index contributed by atoms with van der Waals surface area (Å²) in [4.78, 5) is 13.1. The van der Waals surface area contributed by atoms with E-state index in [1.54, 1.807) is 0 Å². The van der Waals surface area contributed by atoms with Crippen LogP contribution in [-0.2, 0) is 4.79 Å². The summed E-state index contributed by atoms with van der Waals surface area (Å²) in [5.41, 5.74) is 0. The molecule has 0 radical (unpaired) electrons. The van der Waals surface area contributed by atoms with Crippen LogP contribution in [0.15, 0.2) is 12.2 Å². The van der Waals surface area contributed by atoms with Gasteiger partial charge in [0.1, 0.15) is 0 Å². The fourth-order valence-corrected chi connectivity index (χ4v) is 1.65. The van der Waals surface area contributed by atoms with Gasteiger partial charge in [-0.2, -0.15) is 0 Å². The summed E-state index contributed by atoms with van der Waals surface area (Å²) in [6.07, 6.45) is 4.10. The molecule has 0 saturated carbocycles. The summed E-state index contributed by atoms with van der Waals surface area (Å²) in [6, 6.07) is 0.825. The highest BCUT2D eigenvalue weighted by atomic mass is 16.2. The maximum atomic E-state index is 11.1. The van der Waals surface area contributed by atoms with E-state index in [-0.39, 0.29) is 5.92 Å². The topological polar surface area (TPSA) is 20.3 Å². The smallest absolute Gasteiger partial charge is 0.232 e. The lowest BCUT2D eigenvalue weighted by atomic mass is 9.77. The van der Waals surface area contributed by atoms with E-state index in [1.165, 1.54) is 0 Å². The van der Waals surface area contributed by atoms with Gasteiger partial charge in [-0.3, -0.25) is 4.79 Å². The van der Waals surface area contributed by atoms with Crippen LogP contribution in [0.4, 0.5) is 0 Å². The lowest BCUT2D eigenvalue weighted by molar-refractivity contribution is -0.154. The van der Waals surface area contributed by atoms with Gasteiger partial charge in [0.2, 0.25) is 5.91 Å². The Morgan fingerprint density at radius 2 is 2.20 bits per heavy atom. The largest absolute Gasteiger partial charge is 0.332 e. The van der Waals surface area contributed by atoms with Crippen molar-refractivity contribution < 1.29 is 4.79 Å². The molecule has 2 rings (SSSR count). The molecule has 0 aromatic rings. The van der Waals surface area contributed by atoms with Gasteiger partial charge in [0, 0.05) is 6.04 Å². The molecule has 2 aliphatic rings. The number of carbonyl (C=O) groups excluding carboxylic acids is 1. The molecule has 2 heteroatoms. The Morgan fingerprint density at radius 3 is 2.40 bits per heavy atom. The third-order valence-corrected chi connectivity index (χ3v) is 2.30. The van der Waals surface area contributed by atoms with Gasteiger partial charge in [0.05, 0.1) is 12.0 Å². The molecular formula is C8H11NO. The number of nitrogens with zero attached hydrogens (tertiary/aromatic N) is 1. The SMILES string of the molecule is CC(C)N1C(=O)[C@H]2C=C[C@@H]21. The fraction of sp³-hybridized carbons (Fsp3) is 0.625. The van der Waals surface area contributed by atoms with Crippen molar-refractivity contribution in [3.8, 4) is 0 Å². The molecule has 1 saturated heterocycles. The molecule has 54 valence electrons. The molecule has 1 aliphatic heterocycles. The van der Waals surface area contributed by atoms with Gasteiger partial charge in [-0.25, -0.2) is 0 Å². The average Bonchev–Trinajstić information content (AvgIpc) is 1.79. The van der Waals surface area contributed by atoms with E-state index in [4.69, 9.17) is 0 Å². The molecule has 0 aromatic heterocycles. The molecule has 0 spiro atoms.